The Bertz CT molecular complexity index is 1680. The highest BCUT2D eigenvalue weighted by Crippen LogP contribution is 2.34. The molecule has 5 aromatic rings. The molecule has 0 radical (unpaired) electrons. The number of anilines is 2. The molecule has 0 bridgehead atoms. The van der Waals surface area contributed by atoms with E-state index in [2.05, 4.69) is 10.3 Å². The molecule has 0 amide bonds. The van der Waals surface area contributed by atoms with E-state index in [-0.39, 0.29) is 17.1 Å². The van der Waals surface area contributed by atoms with Gasteiger partial charge in [-0.1, -0.05) is 54.6 Å². The number of aromatic nitrogens is 2. The molecular formula is C30H22F3N3O3. The molecule has 0 spiro atoms. The summed E-state index contributed by atoms with van der Waals surface area (Å²) >= 11 is 0. The van der Waals surface area contributed by atoms with Crippen molar-refractivity contribution in [1.82, 2.24) is 9.55 Å². The number of benzene rings is 3. The number of hydrogen-bond donors (Lipinski definition) is 1. The van der Waals surface area contributed by atoms with Gasteiger partial charge in [0.25, 0.3) is 0 Å². The van der Waals surface area contributed by atoms with Crippen molar-refractivity contribution in [2.45, 2.75) is 6.18 Å². The van der Waals surface area contributed by atoms with Crippen LogP contribution in [0.25, 0.3) is 22.2 Å². The standard InChI is InChI=1S/C30H22F3N3O3/c1-36-24-15-6-5-13-22(24)26(27(36)19-9-3-2-4-10-19)25(37)18-39-29(38)23-14-8-16-34-28(23)35-21-12-7-11-20(17-21)30(31,32)33/h2-17H,18H2,1H3,(H,34,35). The second-order valence-electron chi connectivity index (χ2n) is 8.77. The normalized spacial score (nSPS) is 11.4. The van der Waals surface area contributed by atoms with Crippen LogP contribution in [0.4, 0.5) is 24.7 Å². The molecule has 0 saturated heterocycles. The van der Waals surface area contributed by atoms with Crippen LogP contribution in [0.1, 0.15) is 26.3 Å². The lowest BCUT2D eigenvalue weighted by atomic mass is 10.0. The molecule has 0 aliphatic rings. The van der Waals surface area contributed by atoms with Gasteiger partial charge in [0.05, 0.1) is 16.8 Å². The Morgan fingerprint density at radius 2 is 1.67 bits per heavy atom. The number of nitrogens with zero attached hydrogens (tertiary/aromatic N) is 2. The van der Waals surface area contributed by atoms with Crippen LogP contribution in [0.15, 0.2) is 97.2 Å². The fraction of sp³-hybridized carbons (Fsp3) is 0.100. The van der Waals surface area contributed by atoms with E-state index in [0.29, 0.717) is 11.3 Å². The van der Waals surface area contributed by atoms with Gasteiger partial charge in [0.2, 0.25) is 5.78 Å². The zero-order valence-corrected chi connectivity index (χ0v) is 20.7. The van der Waals surface area contributed by atoms with Crippen LogP contribution < -0.4 is 5.32 Å². The van der Waals surface area contributed by atoms with E-state index in [4.69, 9.17) is 4.74 Å². The molecule has 5 rings (SSSR count). The number of pyridine rings is 1. The van der Waals surface area contributed by atoms with Gasteiger partial charge in [-0.05, 0) is 42.0 Å². The first-order valence-corrected chi connectivity index (χ1v) is 12.0. The summed E-state index contributed by atoms with van der Waals surface area (Å²) in [7, 11) is 1.87. The number of carbonyl (C=O) groups is 2. The van der Waals surface area contributed by atoms with Gasteiger partial charge in [0, 0.05) is 29.8 Å². The van der Waals surface area contributed by atoms with Gasteiger partial charge in [-0.3, -0.25) is 4.79 Å². The Hall–Kier alpha value is -4.92. The number of fused-ring (bicyclic) bond motifs is 1. The number of rotatable bonds is 7. The number of ketones is 1. The molecule has 1 N–H and O–H groups in total. The summed E-state index contributed by atoms with van der Waals surface area (Å²) in [4.78, 5) is 30.6. The average Bonchev–Trinajstić information content (AvgIpc) is 3.24. The summed E-state index contributed by atoms with van der Waals surface area (Å²) in [5.74, 6) is -1.23. The molecular weight excluding hydrogens is 507 g/mol. The number of halogens is 3. The minimum Gasteiger partial charge on any atom is -0.454 e. The van der Waals surface area contributed by atoms with Gasteiger partial charge in [-0.2, -0.15) is 13.2 Å². The maximum Gasteiger partial charge on any atom is 0.416 e. The van der Waals surface area contributed by atoms with Crippen LogP contribution in [-0.4, -0.2) is 27.9 Å². The third-order valence-electron chi connectivity index (χ3n) is 6.25. The second-order valence-corrected chi connectivity index (χ2v) is 8.77. The topological polar surface area (TPSA) is 73.2 Å². The van der Waals surface area contributed by atoms with E-state index >= 15 is 0 Å². The van der Waals surface area contributed by atoms with Gasteiger partial charge < -0.3 is 14.6 Å². The number of hydrogen-bond acceptors (Lipinski definition) is 5. The summed E-state index contributed by atoms with van der Waals surface area (Å²) < 4.78 is 46.7. The second kappa shape index (κ2) is 10.4. The summed E-state index contributed by atoms with van der Waals surface area (Å²) in [6, 6.07) is 24.4. The Balaban J connectivity index is 1.40. The van der Waals surface area contributed by atoms with Gasteiger partial charge in [0.1, 0.15) is 11.4 Å². The molecule has 0 unspecified atom stereocenters. The number of ether oxygens (including phenoxy) is 1. The zero-order valence-electron chi connectivity index (χ0n) is 20.7. The summed E-state index contributed by atoms with van der Waals surface area (Å²) in [6.07, 6.45) is -3.13. The summed E-state index contributed by atoms with van der Waals surface area (Å²) in [6.45, 7) is -0.537. The van der Waals surface area contributed by atoms with Crippen molar-refractivity contribution in [2.75, 3.05) is 11.9 Å². The van der Waals surface area contributed by atoms with E-state index in [0.717, 1.165) is 28.6 Å². The third-order valence-corrected chi connectivity index (χ3v) is 6.25. The minimum atomic E-state index is -4.52. The van der Waals surface area contributed by atoms with Gasteiger partial charge in [0.15, 0.2) is 6.61 Å². The first-order chi connectivity index (χ1) is 18.7. The smallest absolute Gasteiger partial charge is 0.416 e. The van der Waals surface area contributed by atoms with Gasteiger partial charge in [-0.25, -0.2) is 9.78 Å². The van der Waals surface area contributed by atoms with E-state index in [1.165, 1.54) is 30.5 Å². The summed E-state index contributed by atoms with van der Waals surface area (Å²) in [5, 5.41) is 3.47. The van der Waals surface area contributed by atoms with Crippen molar-refractivity contribution in [1.29, 1.82) is 0 Å². The molecule has 2 aromatic heterocycles. The average molecular weight is 530 g/mol. The molecule has 0 aliphatic heterocycles. The summed E-state index contributed by atoms with van der Waals surface area (Å²) in [5.41, 5.74) is 2.05. The van der Waals surface area contributed by atoms with E-state index in [9.17, 15) is 22.8 Å². The largest absolute Gasteiger partial charge is 0.454 e. The number of esters is 1. The monoisotopic (exact) mass is 529 g/mol. The molecule has 3 aromatic carbocycles. The van der Waals surface area contributed by atoms with Crippen LogP contribution in [0.3, 0.4) is 0 Å². The number of Topliss-reactive ketones (excluding diaryl/α,β-unsaturated/α-hetero) is 1. The lowest BCUT2D eigenvalue weighted by molar-refractivity contribution is -0.137. The van der Waals surface area contributed by atoms with Gasteiger partial charge >= 0.3 is 12.1 Å². The van der Waals surface area contributed by atoms with Crippen molar-refractivity contribution in [2.24, 2.45) is 7.05 Å². The van der Waals surface area contributed by atoms with Crippen molar-refractivity contribution in [3.05, 3.63) is 114 Å². The van der Waals surface area contributed by atoms with Gasteiger partial charge in [-0.15, -0.1) is 0 Å². The molecule has 0 saturated carbocycles. The molecule has 0 fully saturated rings. The van der Waals surface area contributed by atoms with Crippen LogP contribution in [0.2, 0.25) is 0 Å². The van der Waals surface area contributed by atoms with Crippen molar-refractivity contribution in [3.63, 3.8) is 0 Å². The predicted molar refractivity (Wildman–Crippen MR) is 142 cm³/mol. The number of alkyl halides is 3. The Labute approximate surface area is 221 Å². The number of para-hydroxylation sites is 1. The Morgan fingerprint density at radius 1 is 0.923 bits per heavy atom. The number of aryl methyl sites for hydroxylation is 1. The van der Waals surface area contributed by atoms with E-state index in [1.54, 1.807) is 0 Å². The highest BCUT2D eigenvalue weighted by atomic mass is 19.4. The maximum absolute atomic E-state index is 13.5. The predicted octanol–water partition coefficient (Wildman–Crippen LogP) is 7.04. The van der Waals surface area contributed by atoms with Crippen LogP contribution >= 0.6 is 0 Å². The van der Waals surface area contributed by atoms with Crippen LogP contribution in [0, 0.1) is 0 Å². The Kier molecular flexibility index (Phi) is 6.89. The van der Waals surface area contributed by atoms with Crippen LogP contribution in [0.5, 0.6) is 0 Å². The SMILES string of the molecule is Cn1c(-c2ccccc2)c(C(=O)COC(=O)c2cccnc2Nc2cccc(C(F)(F)F)c2)c2ccccc21. The lowest BCUT2D eigenvalue weighted by Gasteiger charge is -2.13. The fourth-order valence-electron chi connectivity index (χ4n) is 4.47. The molecule has 9 heteroatoms. The minimum absolute atomic E-state index is 0.00408. The maximum atomic E-state index is 13.5. The van der Waals surface area contributed by atoms with E-state index in [1.807, 2.05) is 66.2 Å². The third kappa shape index (κ3) is 5.24. The van der Waals surface area contributed by atoms with Crippen molar-refractivity contribution in [3.8, 4) is 11.3 Å². The highest BCUT2D eigenvalue weighted by Gasteiger charge is 2.30. The fourth-order valence-corrected chi connectivity index (χ4v) is 4.47. The first kappa shape index (κ1) is 25.7. The molecule has 39 heavy (non-hydrogen) atoms. The highest BCUT2D eigenvalue weighted by molar-refractivity contribution is 6.14. The number of nitrogens with one attached hydrogen (secondary N) is 1. The zero-order chi connectivity index (χ0) is 27.6. The quantitative estimate of drug-likeness (QED) is 0.181. The molecule has 196 valence electrons. The van der Waals surface area contributed by atoms with Crippen molar-refractivity contribution >= 4 is 34.2 Å². The first-order valence-electron chi connectivity index (χ1n) is 12.0. The molecule has 6 nitrogen and oxygen atoms in total. The number of carbonyl (C=O) groups excluding carboxylic acids is 2. The Morgan fingerprint density at radius 3 is 2.44 bits per heavy atom. The molecule has 0 aliphatic carbocycles. The van der Waals surface area contributed by atoms with Crippen molar-refractivity contribution < 1.29 is 27.5 Å². The molecule has 2 heterocycles. The molecule has 0 atom stereocenters. The lowest BCUT2D eigenvalue weighted by Crippen LogP contribution is -2.16. The van der Waals surface area contributed by atoms with E-state index < -0.39 is 30.1 Å². The van der Waals surface area contributed by atoms with Crippen LogP contribution in [-0.2, 0) is 18.0 Å².